The third kappa shape index (κ3) is 1.57. The summed E-state index contributed by atoms with van der Waals surface area (Å²) >= 11 is 0. The van der Waals surface area contributed by atoms with Crippen LogP contribution in [0.15, 0.2) is 0 Å². The third-order valence-corrected chi connectivity index (χ3v) is 6.19. The molecule has 0 aromatic heterocycles. The van der Waals surface area contributed by atoms with Crippen molar-refractivity contribution in [3.8, 4) is 0 Å². The molecule has 1 heterocycles. The average Bonchev–Trinajstić information content (AvgIpc) is 2.83. The van der Waals surface area contributed by atoms with E-state index >= 15 is 0 Å². The summed E-state index contributed by atoms with van der Waals surface area (Å²) in [5, 5.41) is 30.8. The van der Waals surface area contributed by atoms with Crippen molar-refractivity contribution in [3.05, 3.63) is 0 Å². The second kappa shape index (κ2) is 4.18. The zero-order valence-electron chi connectivity index (χ0n) is 12.2. The van der Waals surface area contributed by atoms with E-state index < -0.39 is 23.2 Å². The molecule has 5 nitrogen and oxygen atoms in total. The predicted molar refractivity (Wildman–Crippen MR) is 70.6 cm³/mol. The molecule has 0 aromatic carbocycles. The third-order valence-electron chi connectivity index (χ3n) is 6.19. The smallest absolute Gasteiger partial charge is 0.310 e. The standard InChI is InChI=1S/C15H24O5/c1-14(2,19)10-9-8-5-4-7(6-16)15(8,3)12(17)11(10)20-13(9)18/h7-12,16-17,19H,4-6H2,1-3H3/t7-,8?,9?,10-,11?,12+,15-/m0/s1. The van der Waals surface area contributed by atoms with Gasteiger partial charge >= 0.3 is 5.97 Å². The highest BCUT2D eigenvalue weighted by Gasteiger charge is 2.70. The Kier molecular flexibility index (Phi) is 2.99. The van der Waals surface area contributed by atoms with E-state index in [9.17, 15) is 20.1 Å². The Morgan fingerprint density at radius 2 is 2.05 bits per heavy atom. The highest BCUT2D eigenvalue weighted by atomic mass is 16.6. The molecular formula is C15H24O5. The second-order valence-corrected chi connectivity index (χ2v) is 7.48. The molecule has 0 aromatic rings. The van der Waals surface area contributed by atoms with E-state index in [1.54, 1.807) is 13.8 Å². The number of rotatable bonds is 2. The molecule has 3 unspecified atom stereocenters. The molecule has 3 aliphatic rings. The minimum atomic E-state index is -1.07. The number of esters is 1. The van der Waals surface area contributed by atoms with E-state index in [1.165, 1.54) is 0 Å². The zero-order chi connectivity index (χ0) is 14.9. The van der Waals surface area contributed by atoms with Crippen molar-refractivity contribution >= 4 is 5.97 Å². The number of aliphatic hydroxyl groups is 3. The maximum atomic E-state index is 12.2. The van der Waals surface area contributed by atoms with Gasteiger partial charge in [-0.3, -0.25) is 4.79 Å². The van der Waals surface area contributed by atoms with E-state index in [1.807, 2.05) is 6.92 Å². The Balaban J connectivity index is 2.06. The fourth-order valence-corrected chi connectivity index (χ4v) is 5.13. The summed E-state index contributed by atoms with van der Waals surface area (Å²) in [5.41, 5.74) is -1.57. The predicted octanol–water partition coefficient (Wildman–Crippen LogP) is 0.314. The van der Waals surface area contributed by atoms with E-state index in [2.05, 4.69) is 0 Å². The maximum absolute atomic E-state index is 12.2. The fourth-order valence-electron chi connectivity index (χ4n) is 5.13. The summed E-state index contributed by atoms with van der Waals surface area (Å²) in [5.74, 6) is -1.08. The van der Waals surface area contributed by atoms with Crippen LogP contribution in [0.3, 0.4) is 0 Å². The quantitative estimate of drug-likeness (QED) is 0.636. The number of carbonyl (C=O) groups excluding carboxylic acids is 1. The average molecular weight is 284 g/mol. The van der Waals surface area contributed by atoms with Gasteiger partial charge in [-0.25, -0.2) is 0 Å². The summed E-state index contributed by atoms with van der Waals surface area (Å²) in [7, 11) is 0. The number of fused-ring (bicyclic) bond motifs is 4. The molecule has 0 amide bonds. The first-order valence-electron chi connectivity index (χ1n) is 7.44. The molecule has 0 spiro atoms. The maximum Gasteiger partial charge on any atom is 0.310 e. The van der Waals surface area contributed by atoms with Crippen molar-refractivity contribution in [2.75, 3.05) is 6.61 Å². The molecule has 7 atom stereocenters. The summed E-state index contributed by atoms with van der Waals surface area (Å²) in [4.78, 5) is 12.2. The van der Waals surface area contributed by atoms with Crippen molar-refractivity contribution in [1.29, 1.82) is 0 Å². The van der Waals surface area contributed by atoms with Crippen LogP contribution in [0.2, 0.25) is 0 Å². The Bertz CT molecular complexity index is 428. The van der Waals surface area contributed by atoms with Crippen LogP contribution in [0.25, 0.3) is 0 Å². The Morgan fingerprint density at radius 1 is 1.40 bits per heavy atom. The molecule has 3 fully saturated rings. The lowest BCUT2D eigenvalue weighted by molar-refractivity contribution is -0.170. The first-order valence-corrected chi connectivity index (χ1v) is 7.44. The van der Waals surface area contributed by atoms with Gasteiger partial charge in [-0.05, 0) is 38.5 Å². The highest BCUT2D eigenvalue weighted by molar-refractivity contribution is 5.77. The molecule has 2 bridgehead atoms. The number of hydrogen-bond acceptors (Lipinski definition) is 5. The molecule has 2 saturated carbocycles. The number of carbonyl (C=O) groups is 1. The van der Waals surface area contributed by atoms with Gasteiger partial charge in [-0.15, -0.1) is 0 Å². The summed E-state index contributed by atoms with van der Waals surface area (Å²) in [6, 6.07) is 0. The van der Waals surface area contributed by atoms with Crippen LogP contribution in [0.4, 0.5) is 0 Å². The van der Waals surface area contributed by atoms with Crippen molar-refractivity contribution in [2.45, 2.75) is 51.4 Å². The normalized spacial score (nSPS) is 51.0. The molecule has 5 heteroatoms. The first kappa shape index (κ1) is 14.3. The topological polar surface area (TPSA) is 87.0 Å². The molecular weight excluding hydrogens is 260 g/mol. The number of aliphatic hydroxyl groups excluding tert-OH is 2. The summed E-state index contributed by atoms with van der Waals surface area (Å²) < 4.78 is 5.40. The summed E-state index contributed by atoms with van der Waals surface area (Å²) in [6.45, 7) is 5.32. The SMILES string of the molecule is CC(C)(O)[C@H]1C2C(=O)OC1[C@@H](O)[C@]1(C)C2CC[C@H]1CO. The van der Waals surface area contributed by atoms with Crippen molar-refractivity contribution < 1.29 is 24.9 Å². The molecule has 2 aliphatic carbocycles. The minimum absolute atomic E-state index is 0.00949. The Labute approximate surface area is 118 Å². The van der Waals surface area contributed by atoms with Crippen LogP contribution in [-0.2, 0) is 9.53 Å². The molecule has 3 N–H and O–H groups in total. The molecule has 114 valence electrons. The van der Waals surface area contributed by atoms with Crippen LogP contribution in [0.5, 0.6) is 0 Å². The van der Waals surface area contributed by atoms with E-state index in [0.717, 1.165) is 12.8 Å². The van der Waals surface area contributed by atoms with Gasteiger partial charge < -0.3 is 20.1 Å². The van der Waals surface area contributed by atoms with E-state index in [4.69, 9.17) is 4.74 Å². The lowest BCUT2D eigenvalue weighted by Gasteiger charge is -2.51. The largest absolute Gasteiger partial charge is 0.459 e. The van der Waals surface area contributed by atoms with Gasteiger partial charge in [0.15, 0.2) is 0 Å². The zero-order valence-corrected chi connectivity index (χ0v) is 12.2. The monoisotopic (exact) mass is 284 g/mol. The van der Waals surface area contributed by atoms with Crippen molar-refractivity contribution in [1.82, 2.24) is 0 Å². The molecule has 20 heavy (non-hydrogen) atoms. The fraction of sp³-hybridized carbons (Fsp3) is 0.933. The van der Waals surface area contributed by atoms with E-state index in [0.29, 0.717) is 0 Å². The van der Waals surface area contributed by atoms with Crippen molar-refractivity contribution in [2.24, 2.45) is 29.1 Å². The Morgan fingerprint density at radius 3 is 2.60 bits per heavy atom. The van der Waals surface area contributed by atoms with Gasteiger partial charge in [0.25, 0.3) is 0 Å². The number of ether oxygens (including phenoxy) is 1. The first-order chi connectivity index (χ1) is 9.22. The van der Waals surface area contributed by atoms with Gasteiger partial charge in [-0.1, -0.05) is 6.92 Å². The Hall–Kier alpha value is -0.650. The van der Waals surface area contributed by atoms with Crippen LogP contribution in [0, 0.1) is 29.1 Å². The highest BCUT2D eigenvalue weighted by Crippen LogP contribution is 2.63. The lowest BCUT2D eigenvalue weighted by Crippen LogP contribution is -2.60. The van der Waals surface area contributed by atoms with Crippen LogP contribution in [-0.4, -0.2) is 45.7 Å². The molecule has 1 aliphatic heterocycles. The minimum Gasteiger partial charge on any atom is -0.459 e. The van der Waals surface area contributed by atoms with Gasteiger partial charge in [-0.2, -0.15) is 0 Å². The van der Waals surface area contributed by atoms with Gasteiger partial charge in [0.05, 0.1) is 17.6 Å². The van der Waals surface area contributed by atoms with Crippen LogP contribution >= 0.6 is 0 Å². The van der Waals surface area contributed by atoms with Crippen LogP contribution in [0.1, 0.15) is 33.6 Å². The summed E-state index contributed by atoms with van der Waals surface area (Å²) in [6.07, 6.45) is 0.106. The second-order valence-electron chi connectivity index (χ2n) is 7.48. The van der Waals surface area contributed by atoms with Crippen LogP contribution < -0.4 is 0 Å². The number of hydrogen-bond donors (Lipinski definition) is 3. The van der Waals surface area contributed by atoms with Gasteiger partial charge in [0.1, 0.15) is 6.10 Å². The van der Waals surface area contributed by atoms with Gasteiger partial charge in [0.2, 0.25) is 0 Å². The lowest BCUT2D eigenvalue weighted by atomic mass is 9.54. The molecule has 3 rings (SSSR count). The van der Waals surface area contributed by atoms with Crippen molar-refractivity contribution in [3.63, 3.8) is 0 Å². The van der Waals surface area contributed by atoms with Gasteiger partial charge in [0, 0.05) is 17.9 Å². The van der Waals surface area contributed by atoms with E-state index in [-0.39, 0.29) is 36.2 Å². The molecule has 0 radical (unpaired) electrons. The molecule has 1 saturated heterocycles.